The Morgan fingerprint density at radius 2 is 1.61 bits per heavy atom. The van der Waals surface area contributed by atoms with Gasteiger partial charge in [-0.05, 0) is 49.7 Å². The highest BCUT2D eigenvalue weighted by molar-refractivity contribution is 5.91. The third-order valence-corrected chi connectivity index (χ3v) is 6.53. The predicted molar refractivity (Wildman–Crippen MR) is 119 cm³/mol. The number of hydrogen-bond acceptors (Lipinski definition) is 4. The topological polar surface area (TPSA) is 55.8 Å². The normalized spacial score (nSPS) is 26.1. The molecule has 2 aromatic rings. The number of carbonyl (C=O) groups excluding carboxylic acids is 2. The molecule has 1 saturated carbocycles. The number of benzene rings is 2. The minimum atomic E-state index is -0.551. The summed E-state index contributed by atoms with van der Waals surface area (Å²) in [7, 11) is 0. The van der Waals surface area contributed by atoms with E-state index >= 15 is 0 Å². The van der Waals surface area contributed by atoms with Crippen molar-refractivity contribution >= 4 is 11.9 Å². The van der Waals surface area contributed by atoms with Crippen molar-refractivity contribution in [1.29, 1.82) is 0 Å². The van der Waals surface area contributed by atoms with E-state index in [1.165, 1.54) is 5.56 Å². The van der Waals surface area contributed by atoms with Crippen LogP contribution in [0.4, 0.5) is 4.79 Å². The lowest BCUT2D eigenvalue weighted by molar-refractivity contribution is -0.122. The standard InChI is InChI=1S/C26H31NO4/c1-19-16-25(28)24(27(19)26(29)31-17-20-8-4-2-5-9-20)18-30-23-14-12-22(13-15-23)21-10-6-3-7-11-21/h2-11,19,22-24H,12-18H2,1H3/t19-,22?,23?,24+/m1/s1. The van der Waals surface area contributed by atoms with Crippen LogP contribution in [-0.2, 0) is 20.9 Å². The molecule has 1 aliphatic carbocycles. The Bertz CT molecular complexity index is 861. The summed E-state index contributed by atoms with van der Waals surface area (Å²) < 4.78 is 11.6. The first kappa shape index (κ1) is 21.6. The average Bonchev–Trinajstić information content (AvgIpc) is 3.10. The number of carbonyl (C=O) groups is 2. The molecule has 2 aromatic carbocycles. The lowest BCUT2D eigenvalue weighted by atomic mass is 9.83. The zero-order valence-corrected chi connectivity index (χ0v) is 18.1. The fraction of sp³-hybridized carbons (Fsp3) is 0.462. The predicted octanol–water partition coefficient (Wildman–Crippen LogP) is 5.10. The molecule has 5 nitrogen and oxygen atoms in total. The third kappa shape index (κ3) is 5.34. The molecule has 164 valence electrons. The molecule has 2 atom stereocenters. The van der Waals surface area contributed by atoms with Crippen LogP contribution in [0.5, 0.6) is 0 Å². The summed E-state index contributed by atoms with van der Waals surface area (Å²) in [6, 6.07) is 19.5. The van der Waals surface area contributed by atoms with Gasteiger partial charge in [0.1, 0.15) is 12.6 Å². The first-order valence-electron chi connectivity index (χ1n) is 11.3. The van der Waals surface area contributed by atoms with Crippen molar-refractivity contribution in [3.63, 3.8) is 0 Å². The number of rotatable bonds is 6. The van der Waals surface area contributed by atoms with Crippen molar-refractivity contribution in [2.24, 2.45) is 0 Å². The zero-order chi connectivity index (χ0) is 21.6. The van der Waals surface area contributed by atoms with Gasteiger partial charge in [-0.1, -0.05) is 60.7 Å². The molecule has 1 heterocycles. The Kier molecular flexibility index (Phi) is 7.03. The lowest BCUT2D eigenvalue weighted by Crippen LogP contribution is -2.45. The van der Waals surface area contributed by atoms with Crippen LogP contribution in [0.15, 0.2) is 60.7 Å². The number of likely N-dealkylation sites (tertiary alicyclic amines) is 1. The first-order chi connectivity index (χ1) is 15.1. The third-order valence-electron chi connectivity index (χ3n) is 6.53. The van der Waals surface area contributed by atoms with Gasteiger partial charge in [0.05, 0.1) is 12.7 Å². The largest absolute Gasteiger partial charge is 0.445 e. The van der Waals surface area contributed by atoms with Gasteiger partial charge in [-0.3, -0.25) is 9.69 Å². The van der Waals surface area contributed by atoms with Crippen molar-refractivity contribution in [2.75, 3.05) is 6.61 Å². The van der Waals surface area contributed by atoms with E-state index in [2.05, 4.69) is 30.3 Å². The Morgan fingerprint density at radius 3 is 2.29 bits per heavy atom. The number of ketones is 1. The molecule has 1 amide bonds. The van der Waals surface area contributed by atoms with Crippen LogP contribution in [0.25, 0.3) is 0 Å². The lowest BCUT2D eigenvalue weighted by Gasteiger charge is -2.31. The number of ether oxygens (including phenoxy) is 2. The molecular weight excluding hydrogens is 390 g/mol. The molecule has 2 aliphatic rings. The highest BCUT2D eigenvalue weighted by Gasteiger charge is 2.42. The quantitative estimate of drug-likeness (QED) is 0.651. The van der Waals surface area contributed by atoms with E-state index in [1.54, 1.807) is 4.90 Å². The Hall–Kier alpha value is -2.66. The summed E-state index contributed by atoms with van der Waals surface area (Å²) in [5.74, 6) is 0.640. The minimum absolute atomic E-state index is 0.0575. The van der Waals surface area contributed by atoms with Crippen molar-refractivity contribution in [3.8, 4) is 0 Å². The fourth-order valence-corrected chi connectivity index (χ4v) is 4.78. The van der Waals surface area contributed by atoms with Crippen LogP contribution < -0.4 is 0 Å². The van der Waals surface area contributed by atoms with Gasteiger partial charge in [-0.15, -0.1) is 0 Å². The summed E-state index contributed by atoms with van der Waals surface area (Å²) >= 11 is 0. The Morgan fingerprint density at radius 1 is 0.968 bits per heavy atom. The summed E-state index contributed by atoms with van der Waals surface area (Å²) in [4.78, 5) is 26.9. The van der Waals surface area contributed by atoms with E-state index in [-0.39, 0.29) is 31.1 Å². The molecule has 0 spiro atoms. The van der Waals surface area contributed by atoms with E-state index in [9.17, 15) is 9.59 Å². The van der Waals surface area contributed by atoms with E-state index in [4.69, 9.17) is 9.47 Å². The van der Waals surface area contributed by atoms with Crippen LogP contribution in [0, 0.1) is 0 Å². The van der Waals surface area contributed by atoms with Gasteiger partial charge in [0.2, 0.25) is 0 Å². The van der Waals surface area contributed by atoms with E-state index in [0.29, 0.717) is 12.3 Å². The van der Waals surface area contributed by atoms with Gasteiger partial charge in [-0.25, -0.2) is 4.79 Å². The Labute approximate surface area is 184 Å². The van der Waals surface area contributed by atoms with Crippen molar-refractivity contribution < 1.29 is 19.1 Å². The first-order valence-corrected chi connectivity index (χ1v) is 11.3. The molecule has 0 bridgehead atoms. The molecule has 0 aromatic heterocycles. The van der Waals surface area contributed by atoms with Crippen LogP contribution in [0.1, 0.15) is 56.1 Å². The summed E-state index contributed by atoms with van der Waals surface area (Å²) in [5, 5.41) is 0. The summed E-state index contributed by atoms with van der Waals surface area (Å²) in [6.07, 6.45) is 4.20. The maximum absolute atomic E-state index is 12.7. The van der Waals surface area contributed by atoms with Crippen molar-refractivity contribution in [3.05, 3.63) is 71.8 Å². The number of hydrogen-bond donors (Lipinski definition) is 0. The minimum Gasteiger partial charge on any atom is -0.445 e. The number of Topliss-reactive ketones (excluding diaryl/α,β-unsaturated/α-hetero) is 1. The molecule has 5 heteroatoms. The fourth-order valence-electron chi connectivity index (χ4n) is 4.78. The highest BCUT2D eigenvalue weighted by atomic mass is 16.6. The molecule has 1 saturated heterocycles. The number of nitrogens with zero attached hydrogens (tertiary/aromatic N) is 1. The van der Waals surface area contributed by atoms with Gasteiger partial charge in [-0.2, -0.15) is 0 Å². The molecule has 1 aliphatic heterocycles. The molecule has 0 N–H and O–H groups in total. The summed E-state index contributed by atoms with van der Waals surface area (Å²) in [6.45, 7) is 2.35. The summed E-state index contributed by atoms with van der Waals surface area (Å²) in [5.41, 5.74) is 2.32. The molecule has 2 fully saturated rings. The average molecular weight is 422 g/mol. The highest BCUT2D eigenvalue weighted by Crippen LogP contribution is 2.34. The van der Waals surface area contributed by atoms with Gasteiger partial charge in [0.25, 0.3) is 0 Å². The second-order valence-electron chi connectivity index (χ2n) is 8.70. The van der Waals surface area contributed by atoms with Gasteiger partial charge in [0.15, 0.2) is 5.78 Å². The maximum atomic E-state index is 12.7. The van der Waals surface area contributed by atoms with Crippen molar-refractivity contribution in [2.45, 2.75) is 69.7 Å². The monoisotopic (exact) mass is 421 g/mol. The zero-order valence-electron chi connectivity index (χ0n) is 18.1. The van der Waals surface area contributed by atoms with E-state index in [1.807, 2.05) is 37.3 Å². The maximum Gasteiger partial charge on any atom is 0.411 e. The van der Waals surface area contributed by atoms with Crippen LogP contribution in [0.2, 0.25) is 0 Å². The van der Waals surface area contributed by atoms with E-state index < -0.39 is 12.1 Å². The SMILES string of the molecule is C[C@@H]1CC(=O)[C@H](COC2CCC(c3ccccc3)CC2)N1C(=O)OCc1ccccc1. The van der Waals surface area contributed by atoms with Crippen LogP contribution in [-0.4, -0.2) is 41.6 Å². The van der Waals surface area contributed by atoms with Crippen LogP contribution in [0.3, 0.4) is 0 Å². The molecule has 31 heavy (non-hydrogen) atoms. The smallest absolute Gasteiger partial charge is 0.411 e. The van der Waals surface area contributed by atoms with E-state index in [0.717, 1.165) is 31.2 Å². The second-order valence-corrected chi connectivity index (χ2v) is 8.70. The second kappa shape index (κ2) is 10.1. The van der Waals surface area contributed by atoms with Crippen LogP contribution >= 0.6 is 0 Å². The molecular formula is C26H31NO4. The molecule has 0 unspecified atom stereocenters. The Balaban J connectivity index is 1.28. The molecule has 0 radical (unpaired) electrons. The van der Waals surface area contributed by atoms with Gasteiger partial charge in [0, 0.05) is 12.5 Å². The van der Waals surface area contributed by atoms with Gasteiger partial charge < -0.3 is 9.47 Å². The number of amides is 1. The van der Waals surface area contributed by atoms with Crippen molar-refractivity contribution in [1.82, 2.24) is 4.90 Å². The molecule has 4 rings (SSSR count). The van der Waals surface area contributed by atoms with Gasteiger partial charge >= 0.3 is 6.09 Å².